The predicted molar refractivity (Wildman–Crippen MR) is 154 cm³/mol. The van der Waals surface area contributed by atoms with E-state index in [1.165, 1.54) is 23.9 Å². The van der Waals surface area contributed by atoms with Gasteiger partial charge in [-0.2, -0.15) is 5.26 Å². The quantitative estimate of drug-likeness (QED) is 0.206. The molecule has 2 aromatic carbocycles. The van der Waals surface area contributed by atoms with Crippen LogP contribution in [0.25, 0.3) is 10.9 Å². The van der Waals surface area contributed by atoms with Gasteiger partial charge in [0.05, 0.1) is 30.2 Å². The normalized spacial score (nSPS) is 15.6. The number of rotatable bonds is 8. The number of benzene rings is 2. The summed E-state index contributed by atoms with van der Waals surface area (Å²) < 4.78 is 26.2. The van der Waals surface area contributed by atoms with Crippen molar-refractivity contribution in [2.45, 2.75) is 50.7 Å². The fraction of sp³-hybridized carbons (Fsp3) is 0.357. The largest absolute Gasteiger partial charge is 0.383 e. The maximum atomic E-state index is 13.9. The summed E-state index contributed by atoms with van der Waals surface area (Å²) in [6.45, 7) is 7.00. The van der Waals surface area contributed by atoms with Gasteiger partial charge in [-0.05, 0) is 70.3 Å². The molecule has 38 heavy (non-hydrogen) atoms. The summed E-state index contributed by atoms with van der Waals surface area (Å²) in [5.41, 5.74) is 3.37. The second-order valence-corrected chi connectivity index (χ2v) is 12.2. The number of nitrogens with one attached hydrogen (secondary N) is 2. The zero-order valence-corrected chi connectivity index (χ0v) is 24.0. The van der Waals surface area contributed by atoms with Crippen LogP contribution in [-0.4, -0.2) is 32.8 Å². The first-order valence-corrected chi connectivity index (χ1v) is 14.4. The van der Waals surface area contributed by atoms with E-state index in [0.29, 0.717) is 44.7 Å². The van der Waals surface area contributed by atoms with Gasteiger partial charge in [-0.3, -0.25) is 4.98 Å². The van der Waals surface area contributed by atoms with E-state index in [1.54, 1.807) is 18.3 Å². The van der Waals surface area contributed by atoms with Crippen LogP contribution in [-0.2, 0) is 0 Å². The molecule has 0 spiro atoms. The van der Waals surface area contributed by atoms with Crippen molar-refractivity contribution in [3.63, 3.8) is 0 Å². The number of fused-ring (bicyclic) bond motifs is 1. The number of nitriles is 1. The number of aromatic nitrogens is 4. The Bertz CT molecular complexity index is 1570. The van der Waals surface area contributed by atoms with Gasteiger partial charge in [0.25, 0.3) is 0 Å². The van der Waals surface area contributed by atoms with Gasteiger partial charge in [0, 0.05) is 28.3 Å². The maximum absolute atomic E-state index is 13.9. The molecule has 1 aliphatic rings. The van der Waals surface area contributed by atoms with Crippen LogP contribution in [0.5, 0.6) is 0 Å². The lowest BCUT2D eigenvalue weighted by Crippen LogP contribution is -2.20. The number of pyridine rings is 1. The minimum absolute atomic E-state index is 0.0179. The third-order valence-electron chi connectivity index (χ3n) is 6.22. The molecule has 1 fully saturated rings. The Morgan fingerprint density at radius 2 is 2.03 bits per heavy atom. The van der Waals surface area contributed by atoms with Crippen LogP contribution in [0.3, 0.4) is 0 Å². The van der Waals surface area contributed by atoms with E-state index < -0.39 is 6.02 Å². The lowest BCUT2D eigenvalue weighted by atomic mass is 9.96. The Morgan fingerprint density at radius 3 is 2.66 bits per heavy atom. The predicted octanol–water partition coefficient (Wildman–Crippen LogP) is 7.32. The van der Waals surface area contributed by atoms with E-state index in [1.807, 2.05) is 23.1 Å². The summed E-state index contributed by atoms with van der Waals surface area (Å²) in [5.74, 6) is -0.383. The van der Waals surface area contributed by atoms with Gasteiger partial charge >= 0.3 is 0 Å². The van der Waals surface area contributed by atoms with E-state index in [0.717, 1.165) is 23.3 Å². The van der Waals surface area contributed by atoms with Gasteiger partial charge in [0.15, 0.2) is 0 Å². The molecule has 2 aromatic heterocycles. The molecule has 5 rings (SSSR count). The van der Waals surface area contributed by atoms with Crippen LogP contribution in [0, 0.1) is 22.6 Å². The zero-order chi connectivity index (χ0) is 27.9. The minimum Gasteiger partial charge on any atom is -0.383 e. The molecule has 1 saturated carbocycles. The fourth-order valence-corrected chi connectivity index (χ4v) is 5.45. The molecule has 4 aromatic rings. The highest BCUT2D eigenvalue weighted by Gasteiger charge is 2.31. The highest BCUT2D eigenvalue weighted by Crippen LogP contribution is 2.41. The Kier molecular flexibility index (Phi) is 6.97. The number of thioether (sulfide) groups is 1. The monoisotopic (exact) mass is 594 g/mol. The lowest BCUT2D eigenvalue weighted by Gasteiger charge is -2.23. The van der Waals surface area contributed by atoms with Crippen molar-refractivity contribution in [2.24, 2.45) is 5.41 Å². The molecule has 0 bridgehead atoms. The van der Waals surface area contributed by atoms with E-state index >= 15 is 0 Å². The first-order chi connectivity index (χ1) is 18.5. The molecular weight excluding hydrogens is 565 g/mol. The molecule has 7 nitrogen and oxygen atoms in total. The van der Waals surface area contributed by atoms with Crippen molar-refractivity contribution in [1.29, 1.82) is 5.26 Å². The van der Waals surface area contributed by atoms with Crippen LogP contribution < -0.4 is 10.6 Å². The summed E-state index contributed by atoms with van der Waals surface area (Å²) in [5, 5.41) is 27.0. The summed E-state index contributed by atoms with van der Waals surface area (Å²) in [4.78, 5) is 4.52. The van der Waals surface area contributed by atoms with Crippen LogP contribution in [0.2, 0.25) is 0 Å². The lowest BCUT2D eigenvalue weighted by molar-refractivity contribution is 0.443. The van der Waals surface area contributed by atoms with Crippen LogP contribution in [0.15, 0.2) is 52.1 Å². The SMILES string of the molecule is [2H][C@](Nc1cc(Br)c2ncc(C#N)c(NCC(C)(C)C)c2c1)(c1ccc(F)cc1)c1nnn(C2CC2)c1SC. The van der Waals surface area contributed by atoms with Crippen molar-refractivity contribution in [3.05, 3.63) is 69.7 Å². The Balaban J connectivity index is 1.66. The molecule has 0 radical (unpaired) electrons. The van der Waals surface area contributed by atoms with Crippen LogP contribution >= 0.6 is 27.7 Å². The Hall–Kier alpha value is -3.16. The Labute approximate surface area is 235 Å². The van der Waals surface area contributed by atoms with Gasteiger partial charge in [-0.25, -0.2) is 9.07 Å². The van der Waals surface area contributed by atoms with E-state index in [2.05, 4.69) is 68.7 Å². The summed E-state index contributed by atoms with van der Waals surface area (Å²) in [7, 11) is 0. The number of hydrogen-bond acceptors (Lipinski definition) is 7. The number of hydrogen-bond donors (Lipinski definition) is 2. The Morgan fingerprint density at radius 1 is 1.29 bits per heavy atom. The number of halogens is 2. The van der Waals surface area contributed by atoms with E-state index in [9.17, 15) is 11.0 Å². The highest BCUT2D eigenvalue weighted by atomic mass is 79.9. The second kappa shape index (κ2) is 10.5. The van der Waals surface area contributed by atoms with Gasteiger partial charge in [-0.15, -0.1) is 16.9 Å². The van der Waals surface area contributed by atoms with Gasteiger partial charge in [0.1, 0.15) is 22.6 Å². The molecule has 0 amide bonds. The average Bonchev–Trinajstić information content (AvgIpc) is 3.64. The molecule has 0 unspecified atom stereocenters. The summed E-state index contributed by atoms with van der Waals surface area (Å²) in [6.07, 6.45) is 5.57. The van der Waals surface area contributed by atoms with Crippen LogP contribution in [0.1, 0.15) is 63.9 Å². The molecule has 0 aliphatic heterocycles. The van der Waals surface area contributed by atoms with Crippen molar-refractivity contribution in [1.82, 2.24) is 20.0 Å². The minimum atomic E-state index is -1.58. The molecule has 10 heteroatoms. The van der Waals surface area contributed by atoms with E-state index in [-0.39, 0.29) is 17.3 Å². The topological polar surface area (TPSA) is 91.4 Å². The van der Waals surface area contributed by atoms with Gasteiger partial charge < -0.3 is 10.6 Å². The third-order valence-corrected chi connectivity index (χ3v) is 7.59. The van der Waals surface area contributed by atoms with Crippen LogP contribution in [0.4, 0.5) is 15.8 Å². The summed E-state index contributed by atoms with van der Waals surface area (Å²) in [6, 6.07) is 10.6. The highest BCUT2D eigenvalue weighted by molar-refractivity contribution is 9.10. The molecule has 1 atom stereocenters. The van der Waals surface area contributed by atoms with Gasteiger partial charge in [-0.1, -0.05) is 38.1 Å². The molecule has 196 valence electrons. The molecule has 2 N–H and O–H groups in total. The second-order valence-electron chi connectivity index (χ2n) is 10.6. The zero-order valence-electron chi connectivity index (χ0n) is 22.6. The number of anilines is 2. The van der Waals surface area contributed by atoms with Crippen molar-refractivity contribution in [2.75, 3.05) is 23.4 Å². The van der Waals surface area contributed by atoms with Crippen molar-refractivity contribution in [3.8, 4) is 6.07 Å². The number of nitrogens with zero attached hydrogens (tertiary/aromatic N) is 5. The van der Waals surface area contributed by atoms with Crippen molar-refractivity contribution >= 4 is 50.0 Å². The standard InChI is InChI=1S/C28H29BrFN7S/c1-28(2,3)15-33-23-17(13-31)14-32-25-21(23)11-19(12-22(25)29)34-24(16-5-7-18(30)8-6-16)26-27(38-4)37(36-35-26)20-9-10-20/h5-8,11-12,14,20,24,34H,9-10,15H2,1-4H3,(H,32,33)/t24-/m0/s1/i24D. The third kappa shape index (κ3) is 5.49. The summed E-state index contributed by atoms with van der Waals surface area (Å²) >= 11 is 5.14. The van der Waals surface area contributed by atoms with Crippen molar-refractivity contribution < 1.29 is 5.76 Å². The van der Waals surface area contributed by atoms with E-state index in [4.69, 9.17) is 0 Å². The molecule has 0 saturated heterocycles. The average molecular weight is 596 g/mol. The smallest absolute Gasteiger partial charge is 0.123 e. The first kappa shape index (κ1) is 25.1. The molecule has 2 heterocycles. The molecular formula is C28H29BrFN7S. The maximum Gasteiger partial charge on any atom is 0.123 e. The fourth-order valence-electron chi connectivity index (χ4n) is 4.18. The molecule has 1 aliphatic carbocycles. The van der Waals surface area contributed by atoms with Gasteiger partial charge in [0.2, 0.25) is 0 Å². The first-order valence-electron chi connectivity index (χ1n) is 12.8.